The fourth-order valence-electron chi connectivity index (χ4n) is 2.19. The van der Waals surface area contributed by atoms with Gasteiger partial charge in [0, 0.05) is 31.2 Å². The topological polar surface area (TPSA) is 54.1 Å². The van der Waals surface area contributed by atoms with Gasteiger partial charge in [0.1, 0.15) is 5.69 Å². The Kier molecular flexibility index (Phi) is 4.22. The fourth-order valence-corrected chi connectivity index (χ4v) is 2.19. The van der Waals surface area contributed by atoms with Crippen LogP contribution in [0.2, 0.25) is 0 Å². The van der Waals surface area contributed by atoms with E-state index in [2.05, 4.69) is 28.5 Å². The van der Waals surface area contributed by atoms with Gasteiger partial charge in [0.05, 0.1) is 0 Å². The van der Waals surface area contributed by atoms with Crippen LogP contribution < -0.4 is 5.32 Å². The lowest BCUT2D eigenvalue weighted by atomic mass is 10.1. The molecule has 0 saturated carbocycles. The van der Waals surface area contributed by atoms with Gasteiger partial charge in [0.15, 0.2) is 0 Å². The molecule has 1 aromatic carbocycles. The molecule has 0 aliphatic rings. The van der Waals surface area contributed by atoms with Crippen molar-refractivity contribution in [2.45, 2.75) is 20.3 Å². The highest BCUT2D eigenvalue weighted by Crippen LogP contribution is 2.22. The molecule has 0 aliphatic heterocycles. The van der Waals surface area contributed by atoms with Crippen molar-refractivity contribution < 1.29 is 9.53 Å². The number of ether oxygens (including phenoxy) is 1. The van der Waals surface area contributed by atoms with E-state index in [0.717, 1.165) is 22.9 Å². The van der Waals surface area contributed by atoms with Gasteiger partial charge < -0.3 is 15.0 Å². The molecule has 0 fully saturated rings. The monoisotopic (exact) mass is 260 g/mol. The maximum Gasteiger partial charge on any atom is 0.268 e. The van der Waals surface area contributed by atoms with E-state index < -0.39 is 0 Å². The number of H-pyrrole nitrogens is 1. The summed E-state index contributed by atoms with van der Waals surface area (Å²) in [5, 5.41) is 4.00. The largest absolute Gasteiger partial charge is 0.385 e. The van der Waals surface area contributed by atoms with Crippen molar-refractivity contribution in [1.29, 1.82) is 0 Å². The number of fused-ring (bicyclic) bond motifs is 1. The third-order valence-corrected chi connectivity index (χ3v) is 3.25. The lowest BCUT2D eigenvalue weighted by molar-refractivity contribution is 0.0944. The van der Waals surface area contributed by atoms with Crippen molar-refractivity contribution in [3.05, 3.63) is 35.0 Å². The van der Waals surface area contributed by atoms with Crippen LogP contribution in [0.3, 0.4) is 0 Å². The second-order valence-electron chi connectivity index (χ2n) is 4.78. The summed E-state index contributed by atoms with van der Waals surface area (Å²) >= 11 is 0. The van der Waals surface area contributed by atoms with Crippen molar-refractivity contribution in [3.8, 4) is 0 Å². The van der Waals surface area contributed by atoms with Crippen LogP contribution in [0.15, 0.2) is 18.2 Å². The van der Waals surface area contributed by atoms with E-state index in [9.17, 15) is 4.79 Å². The number of methoxy groups -OCH3 is 1. The SMILES string of the molecule is COCCCNC(=O)c1[nH]c2cc(C)ccc2c1C. The van der Waals surface area contributed by atoms with Gasteiger partial charge in [-0.05, 0) is 37.5 Å². The Morgan fingerprint density at radius 2 is 2.16 bits per heavy atom. The summed E-state index contributed by atoms with van der Waals surface area (Å²) in [5.74, 6) is -0.0533. The van der Waals surface area contributed by atoms with Crippen LogP contribution in [0, 0.1) is 13.8 Å². The minimum absolute atomic E-state index is 0.0533. The molecule has 1 amide bonds. The number of benzene rings is 1. The molecule has 2 rings (SSSR count). The first-order chi connectivity index (χ1) is 9.13. The number of aryl methyl sites for hydroxylation is 2. The summed E-state index contributed by atoms with van der Waals surface area (Å²) < 4.78 is 4.96. The average molecular weight is 260 g/mol. The van der Waals surface area contributed by atoms with E-state index >= 15 is 0 Å². The molecule has 2 N–H and O–H groups in total. The van der Waals surface area contributed by atoms with Crippen LogP contribution in [0.25, 0.3) is 10.9 Å². The Balaban J connectivity index is 2.15. The van der Waals surface area contributed by atoms with Crippen LogP contribution in [-0.4, -0.2) is 31.2 Å². The highest BCUT2D eigenvalue weighted by atomic mass is 16.5. The van der Waals surface area contributed by atoms with Crippen LogP contribution in [0.4, 0.5) is 0 Å². The van der Waals surface area contributed by atoms with Gasteiger partial charge in [0.25, 0.3) is 5.91 Å². The number of aromatic amines is 1. The van der Waals surface area contributed by atoms with E-state index in [-0.39, 0.29) is 5.91 Å². The highest BCUT2D eigenvalue weighted by Gasteiger charge is 2.14. The number of carbonyl (C=O) groups is 1. The molecule has 0 atom stereocenters. The summed E-state index contributed by atoms with van der Waals surface area (Å²) in [6.45, 7) is 5.30. The van der Waals surface area contributed by atoms with E-state index in [1.165, 1.54) is 5.56 Å². The standard InChI is InChI=1S/C15H20N2O2/c1-10-5-6-12-11(2)14(17-13(12)9-10)15(18)16-7-4-8-19-3/h5-6,9,17H,4,7-8H2,1-3H3,(H,16,18). The van der Waals surface area contributed by atoms with E-state index in [0.29, 0.717) is 18.8 Å². The van der Waals surface area contributed by atoms with Gasteiger partial charge in [-0.15, -0.1) is 0 Å². The number of amides is 1. The zero-order chi connectivity index (χ0) is 13.8. The van der Waals surface area contributed by atoms with Crippen molar-refractivity contribution >= 4 is 16.8 Å². The van der Waals surface area contributed by atoms with Gasteiger partial charge in [-0.25, -0.2) is 0 Å². The molecule has 1 heterocycles. The van der Waals surface area contributed by atoms with Gasteiger partial charge in [0.2, 0.25) is 0 Å². The molecule has 0 aliphatic carbocycles. The first-order valence-electron chi connectivity index (χ1n) is 6.49. The first kappa shape index (κ1) is 13.6. The third-order valence-electron chi connectivity index (χ3n) is 3.25. The van der Waals surface area contributed by atoms with Crippen LogP contribution >= 0.6 is 0 Å². The number of hydrogen-bond donors (Lipinski definition) is 2. The minimum atomic E-state index is -0.0533. The molecule has 1 aromatic heterocycles. The Hall–Kier alpha value is -1.81. The summed E-state index contributed by atoms with van der Waals surface area (Å²) in [6.07, 6.45) is 0.820. The maximum absolute atomic E-state index is 12.1. The molecule has 0 bridgehead atoms. The number of nitrogens with one attached hydrogen (secondary N) is 2. The van der Waals surface area contributed by atoms with Crippen molar-refractivity contribution in [2.24, 2.45) is 0 Å². The predicted molar refractivity (Wildman–Crippen MR) is 76.6 cm³/mol. The average Bonchev–Trinajstić information content (AvgIpc) is 2.71. The number of rotatable bonds is 5. The highest BCUT2D eigenvalue weighted by molar-refractivity contribution is 6.00. The van der Waals surface area contributed by atoms with Crippen molar-refractivity contribution in [3.63, 3.8) is 0 Å². The molecule has 0 unspecified atom stereocenters. The summed E-state index contributed by atoms with van der Waals surface area (Å²) in [7, 11) is 1.66. The maximum atomic E-state index is 12.1. The molecule has 4 nitrogen and oxygen atoms in total. The smallest absolute Gasteiger partial charge is 0.268 e. The molecular weight excluding hydrogens is 240 g/mol. The lowest BCUT2D eigenvalue weighted by Gasteiger charge is -2.04. The molecule has 2 aromatic rings. The summed E-state index contributed by atoms with van der Waals surface area (Å²) in [4.78, 5) is 15.3. The Labute approximate surface area is 113 Å². The molecule has 102 valence electrons. The summed E-state index contributed by atoms with van der Waals surface area (Å²) in [5.41, 5.74) is 3.85. The zero-order valence-electron chi connectivity index (χ0n) is 11.7. The lowest BCUT2D eigenvalue weighted by Crippen LogP contribution is -2.26. The van der Waals surface area contributed by atoms with Crippen molar-refractivity contribution in [2.75, 3.05) is 20.3 Å². The predicted octanol–water partition coefficient (Wildman–Crippen LogP) is 2.55. The fraction of sp³-hybridized carbons (Fsp3) is 0.400. The first-order valence-corrected chi connectivity index (χ1v) is 6.49. The molecule has 4 heteroatoms. The van der Waals surface area contributed by atoms with Crippen LogP contribution in [-0.2, 0) is 4.74 Å². The Bertz CT molecular complexity index is 587. The van der Waals surface area contributed by atoms with E-state index in [1.807, 2.05) is 13.8 Å². The van der Waals surface area contributed by atoms with Crippen LogP contribution in [0.1, 0.15) is 28.0 Å². The van der Waals surface area contributed by atoms with Gasteiger partial charge >= 0.3 is 0 Å². The second-order valence-corrected chi connectivity index (χ2v) is 4.78. The molecule has 0 saturated heterocycles. The van der Waals surface area contributed by atoms with Crippen molar-refractivity contribution in [1.82, 2.24) is 10.3 Å². The molecule has 19 heavy (non-hydrogen) atoms. The minimum Gasteiger partial charge on any atom is -0.385 e. The Morgan fingerprint density at radius 3 is 2.89 bits per heavy atom. The van der Waals surface area contributed by atoms with Gasteiger partial charge in [-0.1, -0.05) is 12.1 Å². The van der Waals surface area contributed by atoms with Gasteiger partial charge in [-0.2, -0.15) is 0 Å². The third kappa shape index (κ3) is 2.96. The van der Waals surface area contributed by atoms with E-state index in [4.69, 9.17) is 4.74 Å². The second kappa shape index (κ2) is 5.89. The molecular formula is C15H20N2O2. The summed E-state index contributed by atoms with van der Waals surface area (Å²) in [6, 6.07) is 6.17. The Morgan fingerprint density at radius 1 is 1.37 bits per heavy atom. The quantitative estimate of drug-likeness (QED) is 0.812. The number of carbonyl (C=O) groups excluding carboxylic acids is 1. The van der Waals surface area contributed by atoms with Crippen LogP contribution in [0.5, 0.6) is 0 Å². The number of hydrogen-bond acceptors (Lipinski definition) is 2. The molecule has 0 radical (unpaired) electrons. The normalized spacial score (nSPS) is 10.9. The van der Waals surface area contributed by atoms with E-state index in [1.54, 1.807) is 7.11 Å². The van der Waals surface area contributed by atoms with Gasteiger partial charge in [-0.3, -0.25) is 4.79 Å². The molecule has 0 spiro atoms. The number of aromatic nitrogens is 1. The zero-order valence-corrected chi connectivity index (χ0v) is 11.7.